The van der Waals surface area contributed by atoms with Gasteiger partial charge in [0.15, 0.2) is 11.5 Å². The first kappa shape index (κ1) is 12.2. The Morgan fingerprint density at radius 3 is 2.72 bits per heavy atom. The Hall–Kier alpha value is -2.30. The van der Waals surface area contributed by atoms with Crippen molar-refractivity contribution < 1.29 is 19.1 Å². The van der Waals surface area contributed by atoms with Crippen LogP contribution in [0.25, 0.3) is 0 Å². The summed E-state index contributed by atoms with van der Waals surface area (Å²) < 4.78 is 10.7. The van der Waals surface area contributed by atoms with Gasteiger partial charge in [0.05, 0.1) is 0 Å². The number of hydrogen-bond donors (Lipinski definition) is 1. The Balaban J connectivity index is 2.15. The number of hydrogen-bond acceptors (Lipinski definition) is 4. The highest BCUT2D eigenvalue weighted by atomic mass is 16.6. The van der Waals surface area contributed by atoms with Crippen molar-refractivity contribution in [1.29, 1.82) is 0 Å². The molecule has 0 aliphatic carbocycles. The Kier molecular flexibility index (Phi) is 3.62. The standard InChI is InChI=1S/C13H13NO4/c1-2-5-14-13(16)12(15)9-3-4-10-11(8-9)18-7-6-17-10/h2-4,8H,1,5-7H2,(H,14,16). The smallest absolute Gasteiger partial charge is 0.292 e. The lowest BCUT2D eigenvalue weighted by Crippen LogP contribution is -2.31. The van der Waals surface area contributed by atoms with Crippen molar-refractivity contribution in [3.05, 3.63) is 36.4 Å². The number of ketones is 1. The Morgan fingerprint density at radius 2 is 2.00 bits per heavy atom. The molecule has 5 nitrogen and oxygen atoms in total. The zero-order valence-electron chi connectivity index (χ0n) is 9.77. The number of ether oxygens (including phenoxy) is 2. The van der Waals surface area contributed by atoms with Crippen molar-refractivity contribution in [2.45, 2.75) is 0 Å². The van der Waals surface area contributed by atoms with Gasteiger partial charge in [-0.25, -0.2) is 0 Å². The predicted octanol–water partition coefficient (Wildman–Crippen LogP) is 0.943. The maximum atomic E-state index is 11.8. The van der Waals surface area contributed by atoms with E-state index in [0.29, 0.717) is 24.7 Å². The van der Waals surface area contributed by atoms with E-state index < -0.39 is 11.7 Å². The largest absolute Gasteiger partial charge is 0.486 e. The molecule has 2 rings (SSSR count). The number of Topliss-reactive ketones (excluding diaryl/α,β-unsaturated/α-hetero) is 1. The van der Waals surface area contributed by atoms with Gasteiger partial charge in [-0.1, -0.05) is 6.08 Å². The summed E-state index contributed by atoms with van der Waals surface area (Å²) >= 11 is 0. The van der Waals surface area contributed by atoms with Crippen LogP contribution in [0.2, 0.25) is 0 Å². The number of benzene rings is 1. The van der Waals surface area contributed by atoms with Crippen LogP contribution >= 0.6 is 0 Å². The van der Waals surface area contributed by atoms with Crippen LogP contribution in [0, 0.1) is 0 Å². The van der Waals surface area contributed by atoms with Crippen molar-refractivity contribution in [2.75, 3.05) is 19.8 Å². The molecular weight excluding hydrogens is 234 g/mol. The molecule has 5 heteroatoms. The number of carbonyl (C=O) groups excluding carboxylic acids is 2. The van der Waals surface area contributed by atoms with Crippen LogP contribution in [0.5, 0.6) is 11.5 Å². The van der Waals surface area contributed by atoms with Crippen LogP contribution < -0.4 is 14.8 Å². The molecule has 0 bridgehead atoms. The van der Waals surface area contributed by atoms with Crippen LogP contribution in [-0.2, 0) is 4.79 Å². The molecule has 1 heterocycles. The Bertz CT molecular complexity index is 496. The molecule has 1 aromatic carbocycles. The molecule has 0 fully saturated rings. The third-order valence-electron chi connectivity index (χ3n) is 2.42. The van der Waals surface area contributed by atoms with Gasteiger partial charge in [-0.2, -0.15) is 0 Å². The first-order chi connectivity index (χ1) is 8.72. The average Bonchev–Trinajstić information content (AvgIpc) is 2.43. The van der Waals surface area contributed by atoms with Gasteiger partial charge in [-0.3, -0.25) is 9.59 Å². The Labute approximate surface area is 104 Å². The third kappa shape index (κ3) is 2.51. The van der Waals surface area contributed by atoms with Crippen LogP contribution in [-0.4, -0.2) is 31.4 Å². The topological polar surface area (TPSA) is 64.6 Å². The monoisotopic (exact) mass is 247 g/mol. The predicted molar refractivity (Wildman–Crippen MR) is 65.0 cm³/mol. The summed E-state index contributed by atoms with van der Waals surface area (Å²) in [5, 5.41) is 2.43. The molecule has 94 valence electrons. The SMILES string of the molecule is C=CCNC(=O)C(=O)c1ccc2c(c1)OCCO2. The lowest BCUT2D eigenvalue weighted by Gasteiger charge is -2.18. The van der Waals surface area contributed by atoms with Crippen molar-refractivity contribution in [2.24, 2.45) is 0 Å². The number of carbonyl (C=O) groups is 2. The summed E-state index contributed by atoms with van der Waals surface area (Å²) in [5.74, 6) is -0.187. The molecule has 0 spiro atoms. The number of rotatable bonds is 4. The second-order valence-electron chi connectivity index (χ2n) is 3.69. The molecule has 1 N–H and O–H groups in total. The molecule has 0 radical (unpaired) electrons. The van der Waals surface area contributed by atoms with Gasteiger partial charge in [0, 0.05) is 12.1 Å². The molecule has 1 aromatic rings. The minimum Gasteiger partial charge on any atom is -0.486 e. The molecule has 0 saturated heterocycles. The third-order valence-corrected chi connectivity index (χ3v) is 2.42. The van der Waals surface area contributed by atoms with Gasteiger partial charge >= 0.3 is 0 Å². The number of fused-ring (bicyclic) bond motifs is 1. The van der Waals surface area contributed by atoms with Gasteiger partial charge in [-0.15, -0.1) is 6.58 Å². The minimum absolute atomic E-state index is 0.259. The fourth-order valence-corrected chi connectivity index (χ4v) is 1.56. The van der Waals surface area contributed by atoms with Crippen LogP contribution in [0.3, 0.4) is 0 Å². The highest BCUT2D eigenvalue weighted by molar-refractivity contribution is 6.42. The van der Waals surface area contributed by atoms with E-state index in [1.165, 1.54) is 12.1 Å². The summed E-state index contributed by atoms with van der Waals surface area (Å²) in [4.78, 5) is 23.3. The highest BCUT2D eigenvalue weighted by Crippen LogP contribution is 2.30. The summed E-state index contributed by atoms with van der Waals surface area (Å²) in [6, 6.07) is 4.69. The number of amides is 1. The molecule has 0 atom stereocenters. The van der Waals surface area contributed by atoms with Crippen molar-refractivity contribution in [3.63, 3.8) is 0 Å². The van der Waals surface area contributed by atoms with E-state index in [1.54, 1.807) is 12.1 Å². The van der Waals surface area contributed by atoms with Gasteiger partial charge in [0.2, 0.25) is 5.78 Å². The minimum atomic E-state index is -0.661. The summed E-state index contributed by atoms with van der Waals surface area (Å²) in [6.45, 7) is 4.64. The van der Waals surface area contributed by atoms with E-state index in [-0.39, 0.29) is 12.1 Å². The zero-order valence-corrected chi connectivity index (χ0v) is 9.77. The first-order valence-corrected chi connectivity index (χ1v) is 5.55. The van der Waals surface area contributed by atoms with Crippen molar-refractivity contribution in [1.82, 2.24) is 5.32 Å². The molecule has 1 aliphatic rings. The summed E-state index contributed by atoms with van der Waals surface area (Å²) in [7, 11) is 0. The maximum absolute atomic E-state index is 11.8. The summed E-state index contributed by atoms with van der Waals surface area (Å²) in [6.07, 6.45) is 1.51. The normalized spacial score (nSPS) is 12.7. The molecule has 1 amide bonds. The van der Waals surface area contributed by atoms with E-state index in [4.69, 9.17) is 9.47 Å². The lowest BCUT2D eigenvalue weighted by atomic mass is 10.1. The van der Waals surface area contributed by atoms with Crippen LogP contribution in [0.4, 0.5) is 0 Å². The van der Waals surface area contributed by atoms with E-state index in [1.807, 2.05) is 0 Å². The highest BCUT2D eigenvalue weighted by Gasteiger charge is 2.19. The fraction of sp³-hybridized carbons (Fsp3) is 0.231. The molecule has 1 aliphatic heterocycles. The van der Waals surface area contributed by atoms with E-state index in [9.17, 15) is 9.59 Å². The first-order valence-electron chi connectivity index (χ1n) is 5.55. The second-order valence-corrected chi connectivity index (χ2v) is 3.69. The van der Waals surface area contributed by atoms with E-state index >= 15 is 0 Å². The van der Waals surface area contributed by atoms with Gasteiger partial charge < -0.3 is 14.8 Å². The number of nitrogens with one attached hydrogen (secondary N) is 1. The van der Waals surface area contributed by atoms with Crippen molar-refractivity contribution in [3.8, 4) is 11.5 Å². The van der Waals surface area contributed by atoms with Gasteiger partial charge in [-0.05, 0) is 18.2 Å². The molecular formula is C13H13NO4. The lowest BCUT2D eigenvalue weighted by molar-refractivity contribution is -0.116. The van der Waals surface area contributed by atoms with Gasteiger partial charge in [0.1, 0.15) is 13.2 Å². The molecule has 18 heavy (non-hydrogen) atoms. The average molecular weight is 247 g/mol. The van der Waals surface area contributed by atoms with Crippen LogP contribution in [0.1, 0.15) is 10.4 Å². The Morgan fingerprint density at radius 1 is 1.28 bits per heavy atom. The molecule has 0 aromatic heterocycles. The van der Waals surface area contributed by atoms with Gasteiger partial charge in [0.25, 0.3) is 5.91 Å². The fourth-order valence-electron chi connectivity index (χ4n) is 1.56. The quantitative estimate of drug-likeness (QED) is 0.488. The van der Waals surface area contributed by atoms with E-state index in [0.717, 1.165) is 0 Å². The molecule has 0 saturated carbocycles. The van der Waals surface area contributed by atoms with Crippen molar-refractivity contribution >= 4 is 11.7 Å². The maximum Gasteiger partial charge on any atom is 0.292 e. The van der Waals surface area contributed by atoms with E-state index in [2.05, 4.69) is 11.9 Å². The second kappa shape index (κ2) is 5.35. The summed E-state index contributed by atoms with van der Waals surface area (Å²) in [5.41, 5.74) is 0.279. The zero-order chi connectivity index (χ0) is 13.0. The van der Waals surface area contributed by atoms with Crippen LogP contribution in [0.15, 0.2) is 30.9 Å². The molecule has 0 unspecified atom stereocenters.